The third-order valence-corrected chi connectivity index (χ3v) is 5.48. The fraction of sp³-hybridized carbons (Fsp3) is 0.261. The largest absolute Gasteiger partial charge is 0.548 e. The van der Waals surface area contributed by atoms with Crippen LogP contribution in [0.1, 0.15) is 36.0 Å². The van der Waals surface area contributed by atoms with E-state index < -0.39 is 30.3 Å². The Hall–Kier alpha value is -5.25. The molecule has 1 aromatic carbocycles. The average Bonchev–Trinajstić information content (AvgIpc) is 3.28. The summed E-state index contributed by atoms with van der Waals surface area (Å²) in [6.45, 7) is 0. The number of carbonyl (C=O) groups excluding carboxylic acids is 4. The molecule has 16 heteroatoms. The van der Waals surface area contributed by atoms with Crippen LogP contribution < -0.4 is 32.1 Å². The first-order valence-electron chi connectivity index (χ1n) is 11.5. The summed E-state index contributed by atoms with van der Waals surface area (Å²) in [6.07, 6.45) is 1.63. The van der Waals surface area contributed by atoms with E-state index in [1.807, 2.05) is 0 Å². The Bertz CT molecular complexity index is 1420. The Balaban J connectivity index is 0.000000520. The molecule has 39 heavy (non-hydrogen) atoms. The second kappa shape index (κ2) is 12.3. The van der Waals surface area contributed by atoms with Crippen molar-refractivity contribution in [2.75, 3.05) is 23.4 Å². The molecule has 0 unspecified atom stereocenters. The van der Waals surface area contributed by atoms with Crippen LogP contribution in [0.2, 0.25) is 0 Å². The summed E-state index contributed by atoms with van der Waals surface area (Å²) in [5, 5.41) is 23.3. The number of imide groups is 1. The average molecular weight is 540 g/mol. The number of benzene rings is 1. The van der Waals surface area contributed by atoms with E-state index in [4.69, 9.17) is 16.6 Å². The SMILES string of the molecule is CN(c1ccc(C(=O)N[C@@H](CCC(=O)O)C(=O)[O-])cc1)c1cnc2nc(N)nc(N)c2n1.O=C1CCC(=O)[NH2+]1. The number of carboxylic acids is 2. The Kier molecular flexibility index (Phi) is 8.95. The lowest BCUT2D eigenvalue weighted by Crippen LogP contribution is -2.87. The van der Waals surface area contributed by atoms with Crippen LogP contribution >= 0.6 is 0 Å². The molecule has 3 heterocycles. The van der Waals surface area contributed by atoms with Crippen molar-refractivity contribution in [2.24, 2.45) is 0 Å². The zero-order valence-electron chi connectivity index (χ0n) is 20.7. The van der Waals surface area contributed by atoms with Crippen LogP contribution in [0.15, 0.2) is 30.5 Å². The zero-order chi connectivity index (χ0) is 28.7. The summed E-state index contributed by atoms with van der Waals surface area (Å²) in [6, 6.07) is 4.79. The zero-order valence-corrected chi connectivity index (χ0v) is 20.7. The summed E-state index contributed by atoms with van der Waals surface area (Å²) < 4.78 is 0. The first-order valence-corrected chi connectivity index (χ1v) is 11.5. The molecule has 0 saturated carbocycles. The number of anilines is 4. The number of carbonyl (C=O) groups is 5. The standard InChI is InChI=1S/C19H20N8O5.C4H5NO2/c1-27(12-8-22-16-14(24-12)15(20)25-19(21)26-16)10-4-2-9(3-5-10)17(30)23-11(18(31)32)6-7-13(28)29;6-3-1-2-4(7)5-3/h2-5,8,11H,6-7H2,1H3,(H,23,30)(H,28,29)(H,31,32)(H4,20,21,22,25,26);1-2H2,(H,5,6,7)/t11-;/m0./s1. The Labute approximate surface area is 220 Å². The molecule has 16 nitrogen and oxygen atoms in total. The van der Waals surface area contributed by atoms with Crippen molar-refractivity contribution in [2.45, 2.75) is 31.7 Å². The fourth-order valence-corrected chi connectivity index (χ4v) is 3.40. The van der Waals surface area contributed by atoms with Crippen molar-refractivity contribution in [3.8, 4) is 0 Å². The lowest BCUT2D eigenvalue weighted by atomic mass is 10.1. The van der Waals surface area contributed by atoms with E-state index in [1.54, 1.807) is 24.1 Å². The number of aliphatic carboxylic acids is 2. The van der Waals surface area contributed by atoms with Crippen molar-refractivity contribution in [3.63, 3.8) is 0 Å². The number of quaternary nitrogens is 1. The number of primary amides is 2. The minimum atomic E-state index is -1.56. The fourth-order valence-electron chi connectivity index (χ4n) is 3.40. The number of hydrogen-bond donors (Lipinski definition) is 5. The van der Waals surface area contributed by atoms with Gasteiger partial charge in [0.05, 0.1) is 31.0 Å². The molecule has 1 atom stereocenters. The van der Waals surface area contributed by atoms with Crippen LogP contribution in [0.4, 0.5) is 23.3 Å². The molecule has 3 amide bonds. The van der Waals surface area contributed by atoms with E-state index in [-0.39, 0.29) is 46.7 Å². The summed E-state index contributed by atoms with van der Waals surface area (Å²) in [7, 11) is 1.72. The van der Waals surface area contributed by atoms with Crippen molar-refractivity contribution < 1.29 is 39.5 Å². The quantitative estimate of drug-likeness (QED) is 0.185. The van der Waals surface area contributed by atoms with Crippen LogP contribution in [-0.4, -0.2) is 67.8 Å². The normalized spacial score (nSPS) is 13.4. The second-order valence-corrected chi connectivity index (χ2v) is 8.33. The van der Waals surface area contributed by atoms with Gasteiger partial charge in [0.2, 0.25) is 5.95 Å². The molecule has 1 fully saturated rings. The maximum atomic E-state index is 12.3. The Morgan fingerprint density at radius 3 is 2.28 bits per heavy atom. The van der Waals surface area contributed by atoms with Gasteiger partial charge in [-0.25, -0.2) is 24.9 Å². The number of aromatic nitrogens is 4. The maximum absolute atomic E-state index is 12.3. The molecule has 8 N–H and O–H groups in total. The Morgan fingerprint density at radius 2 is 1.74 bits per heavy atom. The molecule has 0 radical (unpaired) electrons. The van der Waals surface area contributed by atoms with E-state index in [1.165, 1.54) is 23.6 Å². The van der Waals surface area contributed by atoms with Crippen molar-refractivity contribution >= 4 is 64.1 Å². The number of carboxylic acid groups (broad SMARTS) is 2. The lowest BCUT2D eigenvalue weighted by Gasteiger charge is -2.20. The molecule has 1 saturated heterocycles. The number of fused-ring (bicyclic) bond motifs is 1. The van der Waals surface area contributed by atoms with Crippen LogP contribution in [0.3, 0.4) is 0 Å². The van der Waals surface area contributed by atoms with E-state index in [2.05, 4.69) is 25.3 Å². The van der Waals surface area contributed by atoms with Gasteiger partial charge in [0, 0.05) is 24.7 Å². The second-order valence-electron chi connectivity index (χ2n) is 8.33. The summed E-state index contributed by atoms with van der Waals surface area (Å²) in [5.74, 6) is -2.94. The smallest absolute Gasteiger partial charge is 0.318 e. The third kappa shape index (κ3) is 7.62. The van der Waals surface area contributed by atoms with Crippen LogP contribution in [0, 0.1) is 0 Å². The van der Waals surface area contributed by atoms with Crippen molar-refractivity contribution in [1.29, 1.82) is 0 Å². The van der Waals surface area contributed by atoms with Crippen LogP contribution in [0.25, 0.3) is 11.2 Å². The minimum absolute atomic E-state index is 0.0110. The number of nitrogens with one attached hydrogen (secondary N) is 1. The number of nitrogen functional groups attached to an aromatic ring is 2. The number of rotatable bonds is 8. The summed E-state index contributed by atoms with van der Waals surface area (Å²) in [5.41, 5.74) is 12.8. The highest BCUT2D eigenvalue weighted by Crippen LogP contribution is 2.24. The number of nitrogens with two attached hydrogens (primary N) is 3. The molecular formula is C23H25N9O7. The van der Waals surface area contributed by atoms with Gasteiger partial charge in [-0.15, -0.1) is 0 Å². The van der Waals surface area contributed by atoms with E-state index in [9.17, 15) is 29.1 Å². The highest BCUT2D eigenvalue weighted by Gasteiger charge is 2.22. The Morgan fingerprint density at radius 1 is 1.10 bits per heavy atom. The molecule has 1 aliphatic heterocycles. The predicted octanol–water partition coefficient (Wildman–Crippen LogP) is -2.54. The van der Waals surface area contributed by atoms with Gasteiger partial charge >= 0.3 is 17.8 Å². The molecule has 204 valence electrons. The highest BCUT2D eigenvalue weighted by molar-refractivity contribution is 5.97. The van der Waals surface area contributed by atoms with Gasteiger partial charge in [-0.3, -0.25) is 9.59 Å². The molecule has 3 aromatic rings. The molecule has 0 spiro atoms. The van der Waals surface area contributed by atoms with E-state index in [0.29, 0.717) is 24.3 Å². The van der Waals surface area contributed by atoms with E-state index in [0.717, 1.165) is 0 Å². The topological polar surface area (TPSA) is 264 Å². The van der Waals surface area contributed by atoms with Gasteiger partial charge in [-0.2, -0.15) is 9.97 Å². The van der Waals surface area contributed by atoms with Crippen molar-refractivity contribution in [1.82, 2.24) is 25.3 Å². The molecule has 2 aromatic heterocycles. The maximum Gasteiger partial charge on any atom is 0.318 e. The van der Waals surface area contributed by atoms with Crippen LogP contribution in [-0.2, 0) is 19.2 Å². The lowest BCUT2D eigenvalue weighted by molar-refractivity contribution is -0.476. The van der Waals surface area contributed by atoms with Gasteiger partial charge in [0.1, 0.15) is 0 Å². The number of nitrogens with zero attached hydrogens (tertiary/aromatic N) is 5. The number of hydrogen-bond acceptors (Lipinski definition) is 13. The molecule has 4 rings (SSSR count). The van der Waals surface area contributed by atoms with Gasteiger partial charge in [0.15, 0.2) is 22.8 Å². The van der Waals surface area contributed by atoms with Crippen molar-refractivity contribution in [3.05, 3.63) is 36.0 Å². The number of amides is 3. The molecule has 0 aliphatic carbocycles. The van der Waals surface area contributed by atoms with E-state index >= 15 is 0 Å². The molecular weight excluding hydrogens is 514 g/mol. The van der Waals surface area contributed by atoms with Gasteiger partial charge in [0.25, 0.3) is 5.91 Å². The highest BCUT2D eigenvalue weighted by atomic mass is 16.4. The first kappa shape index (κ1) is 28.3. The summed E-state index contributed by atoms with van der Waals surface area (Å²) >= 11 is 0. The molecule has 1 aliphatic rings. The monoisotopic (exact) mass is 539 g/mol. The van der Waals surface area contributed by atoms with Gasteiger partial charge in [-0.1, -0.05) is 0 Å². The van der Waals surface area contributed by atoms with Gasteiger partial charge < -0.3 is 36.7 Å². The first-order chi connectivity index (χ1) is 18.4. The van der Waals surface area contributed by atoms with Gasteiger partial charge in [-0.05, 0) is 30.7 Å². The minimum Gasteiger partial charge on any atom is -0.548 e. The third-order valence-electron chi connectivity index (χ3n) is 5.48. The van der Waals surface area contributed by atoms with Crippen LogP contribution in [0.5, 0.6) is 0 Å². The summed E-state index contributed by atoms with van der Waals surface area (Å²) in [4.78, 5) is 72.6. The predicted molar refractivity (Wildman–Crippen MR) is 133 cm³/mol. The molecule has 0 bridgehead atoms.